The summed E-state index contributed by atoms with van der Waals surface area (Å²) < 4.78 is 5.32. The number of likely N-dealkylation sites (N-methyl/N-ethyl adjacent to an activating group) is 1. The molecule has 0 rings (SSSR count). The van der Waals surface area contributed by atoms with Gasteiger partial charge in [-0.15, -0.1) is 0 Å². The maximum absolute atomic E-state index is 11.4. The molecule has 1 N–H and O–H groups in total. The van der Waals surface area contributed by atoms with Gasteiger partial charge in [-0.2, -0.15) is 0 Å². The highest BCUT2D eigenvalue weighted by Crippen LogP contribution is 2.06. The molecule has 0 aromatic heterocycles. The van der Waals surface area contributed by atoms with Crippen LogP contribution in [0.15, 0.2) is 0 Å². The van der Waals surface area contributed by atoms with Gasteiger partial charge in [0.25, 0.3) is 0 Å². The molecule has 84 valence electrons. The maximum atomic E-state index is 11.4. The van der Waals surface area contributed by atoms with Crippen LogP contribution >= 0.6 is 0 Å². The van der Waals surface area contributed by atoms with Crippen molar-refractivity contribution in [3.63, 3.8) is 0 Å². The van der Waals surface area contributed by atoms with Crippen LogP contribution in [0.2, 0.25) is 0 Å². The van der Waals surface area contributed by atoms with Crippen molar-refractivity contribution in [2.24, 2.45) is 0 Å². The lowest BCUT2D eigenvalue weighted by Crippen LogP contribution is -2.37. The first-order valence-corrected chi connectivity index (χ1v) is 4.78. The monoisotopic (exact) mass is 203 g/mol. The van der Waals surface area contributed by atoms with Crippen molar-refractivity contribution in [3.05, 3.63) is 0 Å². The van der Waals surface area contributed by atoms with Crippen LogP contribution in [0, 0.1) is 0 Å². The van der Waals surface area contributed by atoms with Gasteiger partial charge in [0.05, 0.1) is 11.7 Å². The van der Waals surface area contributed by atoms with Gasteiger partial charge in [0.15, 0.2) is 0 Å². The van der Waals surface area contributed by atoms with Crippen molar-refractivity contribution in [2.75, 3.05) is 20.2 Å². The lowest BCUT2D eigenvalue weighted by Gasteiger charge is -2.23. The fourth-order valence-corrected chi connectivity index (χ4v) is 0.887. The first-order chi connectivity index (χ1) is 6.22. The summed E-state index contributed by atoms with van der Waals surface area (Å²) in [6.07, 6.45) is -0.501. The van der Waals surface area contributed by atoms with Crippen LogP contribution in [-0.4, -0.2) is 47.8 Å². The molecule has 14 heavy (non-hydrogen) atoms. The second kappa shape index (κ2) is 5.32. The summed E-state index contributed by atoms with van der Waals surface area (Å²) in [7, 11) is 1.65. The van der Waals surface area contributed by atoms with E-state index in [4.69, 9.17) is 9.84 Å². The minimum absolute atomic E-state index is 0.0622. The Morgan fingerprint density at radius 1 is 1.50 bits per heavy atom. The highest BCUT2D eigenvalue weighted by molar-refractivity contribution is 5.77. The third-order valence-corrected chi connectivity index (χ3v) is 1.59. The molecular formula is C10H21NO3. The third kappa shape index (κ3) is 6.86. The number of rotatable bonds is 4. The zero-order valence-electron chi connectivity index (χ0n) is 9.70. The van der Waals surface area contributed by atoms with Gasteiger partial charge < -0.3 is 14.7 Å². The van der Waals surface area contributed by atoms with Crippen molar-refractivity contribution in [1.82, 2.24) is 4.90 Å². The zero-order chi connectivity index (χ0) is 11.4. The van der Waals surface area contributed by atoms with E-state index in [1.165, 1.54) is 4.90 Å². The van der Waals surface area contributed by atoms with Gasteiger partial charge in [0.1, 0.15) is 6.61 Å². The molecule has 1 unspecified atom stereocenters. The number of carbonyl (C=O) groups excluding carboxylic acids is 1. The molecule has 0 aromatic carbocycles. The largest absolute Gasteiger partial charge is 0.392 e. The lowest BCUT2D eigenvalue weighted by atomic mass is 10.2. The van der Waals surface area contributed by atoms with E-state index in [-0.39, 0.29) is 18.1 Å². The van der Waals surface area contributed by atoms with E-state index in [9.17, 15) is 4.79 Å². The van der Waals surface area contributed by atoms with E-state index >= 15 is 0 Å². The van der Waals surface area contributed by atoms with Crippen molar-refractivity contribution < 1.29 is 14.6 Å². The first-order valence-electron chi connectivity index (χ1n) is 4.78. The molecule has 0 aliphatic rings. The van der Waals surface area contributed by atoms with Gasteiger partial charge in [0, 0.05) is 13.6 Å². The Balaban J connectivity index is 3.85. The molecule has 0 aliphatic heterocycles. The van der Waals surface area contributed by atoms with Crippen molar-refractivity contribution >= 4 is 5.91 Å². The second-order valence-electron chi connectivity index (χ2n) is 4.52. The Kier molecular flexibility index (Phi) is 5.08. The number of amides is 1. The minimum atomic E-state index is -0.501. The molecule has 0 heterocycles. The van der Waals surface area contributed by atoms with Crippen molar-refractivity contribution in [1.29, 1.82) is 0 Å². The van der Waals surface area contributed by atoms with Gasteiger partial charge in [-0.25, -0.2) is 0 Å². The van der Waals surface area contributed by atoms with Gasteiger partial charge in [-0.05, 0) is 27.7 Å². The van der Waals surface area contributed by atoms with E-state index in [0.29, 0.717) is 6.54 Å². The molecule has 0 saturated carbocycles. The quantitative estimate of drug-likeness (QED) is 0.729. The number of nitrogens with zero attached hydrogens (tertiary/aromatic N) is 1. The summed E-state index contributed by atoms with van der Waals surface area (Å²) in [4.78, 5) is 12.9. The van der Waals surface area contributed by atoms with Crippen LogP contribution in [0.3, 0.4) is 0 Å². The molecule has 1 amide bonds. The number of ether oxygens (including phenoxy) is 1. The SMILES string of the molecule is CC(O)CN(C)C(=O)COC(C)(C)C. The first kappa shape index (κ1) is 13.4. The Hall–Kier alpha value is -0.610. The normalized spacial score (nSPS) is 13.9. The topological polar surface area (TPSA) is 49.8 Å². The smallest absolute Gasteiger partial charge is 0.248 e. The molecule has 4 heteroatoms. The minimum Gasteiger partial charge on any atom is -0.392 e. The average molecular weight is 203 g/mol. The molecule has 4 nitrogen and oxygen atoms in total. The Morgan fingerprint density at radius 3 is 2.36 bits per heavy atom. The van der Waals surface area contributed by atoms with E-state index in [2.05, 4.69) is 0 Å². The summed E-state index contributed by atoms with van der Waals surface area (Å²) >= 11 is 0. The number of carbonyl (C=O) groups is 1. The van der Waals surface area contributed by atoms with E-state index < -0.39 is 6.10 Å². The molecule has 0 spiro atoms. The van der Waals surface area contributed by atoms with Gasteiger partial charge >= 0.3 is 0 Å². The second-order valence-corrected chi connectivity index (χ2v) is 4.52. The zero-order valence-corrected chi connectivity index (χ0v) is 9.70. The molecule has 0 aromatic rings. The molecule has 0 fully saturated rings. The van der Waals surface area contributed by atoms with Crippen LogP contribution in [0.25, 0.3) is 0 Å². The molecule has 0 saturated heterocycles. The molecular weight excluding hydrogens is 182 g/mol. The Labute approximate surface area is 85.9 Å². The van der Waals surface area contributed by atoms with Gasteiger partial charge in [-0.1, -0.05) is 0 Å². The molecule has 1 atom stereocenters. The van der Waals surface area contributed by atoms with Gasteiger partial charge in [0.2, 0.25) is 5.91 Å². The highest BCUT2D eigenvalue weighted by Gasteiger charge is 2.16. The fourth-order valence-electron chi connectivity index (χ4n) is 0.887. The summed E-state index contributed by atoms with van der Waals surface area (Å²) in [6, 6.07) is 0. The van der Waals surface area contributed by atoms with E-state index in [1.54, 1.807) is 14.0 Å². The maximum Gasteiger partial charge on any atom is 0.248 e. The number of aliphatic hydroxyl groups excluding tert-OH is 1. The average Bonchev–Trinajstić information content (AvgIpc) is 1.97. The number of hydrogen-bond donors (Lipinski definition) is 1. The molecule has 0 radical (unpaired) electrons. The predicted molar refractivity (Wildman–Crippen MR) is 55.0 cm³/mol. The summed E-state index contributed by atoms with van der Waals surface area (Å²) in [6.45, 7) is 7.74. The van der Waals surface area contributed by atoms with Crippen LogP contribution in [0.4, 0.5) is 0 Å². The standard InChI is InChI=1S/C10H21NO3/c1-8(12)6-11(5)9(13)7-14-10(2,3)4/h8,12H,6-7H2,1-5H3. The molecule has 0 bridgehead atoms. The lowest BCUT2D eigenvalue weighted by molar-refractivity contribution is -0.140. The predicted octanol–water partition coefficient (Wildman–Crippen LogP) is 0.641. The third-order valence-electron chi connectivity index (χ3n) is 1.59. The number of aliphatic hydroxyl groups is 1. The van der Waals surface area contributed by atoms with Crippen LogP contribution in [0.1, 0.15) is 27.7 Å². The Bertz CT molecular complexity index is 184. The van der Waals surface area contributed by atoms with Gasteiger partial charge in [-0.3, -0.25) is 4.79 Å². The highest BCUT2D eigenvalue weighted by atomic mass is 16.5. The van der Waals surface area contributed by atoms with E-state index in [0.717, 1.165) is 0 Å². The summed E-state index contributed by atoms with van der Waals surface area (Å²) in [5.41, 5.74) is -0.304. The van der Waals surface area contributed by atoms with Crippen molar-refractivity contribution in [2.45, 2.75) is 39.4 Å². The van der Waals surface area contributed by atoms with Crippen LogP contribution in [-0.2, 0) is 9.53 Å². The molecule has 0 aliphatic carbocycles. The number of hydrogen-bond acceptors (Lipinski definition) is 3. The summed E-state index contributed by atoms with van der Waals surface area (Å²) in [5, 5.41) is 9.07. The van der Waals surface area contributed by atoms with Crippen LogP contribution in [0.5, 0.6) is 0 Å². The fraction of sp³-hybridized carbons (Fsp3) is 0.900. The van der Waals surface area contributed by atoms with Crippen LogP contribution < -0.4 is 0 Å². The Morgan fingerprint density at radius 2 is 2.00 bits per heavy atom. The van der Waals surface area contributed by atoms with Crippen molar-refractivity contribution in [3.8, 4) is 0 Å². The van der Waals surface area contributed by atoms with E-state index in [1.807, 2.05) is 20.8 Å². The summed E-state index contributed by atoms with van der Waals surface area (Å²) in [5.74, 6) is -0.110.